The Kier molecular flexibility index (Phi) is 6.53. The van der Waals surface area contributed by atoms with Crippen molar-refractivity contribution in [2.75, 3.05) is 12.3 Å². The molecule has 0 fully saturated rings. The van der Waals surface area contributed by atoms with Crippen LogP contribution in [0.2, 0.25) is 0 Å². The Labute approximate surface area is 130 Å². The molecule has 0 aliphatic carbocycles. The largest absolute Gasteiger partial charge is 0.398 e. The topological polar surface area (TPSA) is 46.3 Å². The van der Waals surface area contributed by atoms with Gasteiger partial charge in [0.15, 0.2) is 0 Å². The van der Waals surface area contributed by atoms with E-state index in [-0.39, 0.29) is 11.9 Å². The zero-order valence-electron chi connectivity index (χ0n) is 12.8. The fourth-order valence-electron chi connectivity index (χ4n) is 2.36. The third-order valence-corrected chi connectivity index (χ3v) is 4.17. The Morgan fingerprint density at radius 3 is 2.35 bits per heavy atom. The van der Waals surface area contributed by atoms with Crippen molar-refractivity contribution in [1.82, 2.24) is 4.90 Å². The molecule has 0 aromatic heterocycles. The lowest BCUT2D eigenvalue weighted by Gasteiger charge is -2.32. The number of amides is 1. The minimum absolute atomic E-state index is 0.0756. The number of nitrogens with zero attached hydrogens (tertiary/aromatic N) is 1. The van der Waals surface area contributed by atoms with Crippen LogP contribution in [0.3, 0.4) is 0 Å². The molecule has 0 spiro atoms. The van der Waals surface area contributed by atoms with Crippen molar-refractivity contribution < 1.29 is 4.79 Å². The average Bonchev–Trinajstić information content (AvgIpc) is 2.41. The van der Waals surface area contributed by atoms with Crippen LogP contribution < -0.4 is 5.73 Å². The highest BCUT2D eigenvalue weighted by atomic mass is 79.9. The predicted octanol–water partition coefficient (Wildman–Crippen LogP) is 4.32. The number of nitrogen functional groups attached to an aromatic ring is 1. The Balaban J connectivity index is 3.05. The summed E-state index contributed by atoms with van der Waals surface area (Å²) in [4.78, 5) is 14.8. The molecule has 0 aliphatic heterocycles. The third kappa shape index (κ3) is 4.23. The van der Waals surface area contributed by atoms with Crippen LogP contribution in [0.5, 0.6) is 0 Å². The van der Waals surface area contributed by atoms with E-state index in [0.717, 1.165) is 23.9 Å². The first-order valence-electron chi connectivity index (χ1n) is 7.26. The SMILES string of the molecule is CCC(CC)N(CC(C)C)C(=O)c1ccc(Br)c(N)c1. The van der Waals surface area contributed by atoms with Crippen molar-refractivity contribution in [3.63, 3.8) is 0 Å². The molecular formula is C16H25BrN2O. The molecule has 0 aliphatic rings. The number of rotatable bonds is 6. The Bertz CT molecular complexity index is 456. The second kappa shape index (κ2) is 7.67. The van der Waals surface area contributed by atoms with Crippen LogP contribution in [0.25, 0.3) is 0 Å². The summed E-state index contributed by atoms with van der Waals surface area (Å²) < 4.78 is 0.826. The lowest BCUT2D eigenvalue weighted by Crippen LogP contribution is -2.42. The third-order valence-electron chi connectivity index (χ3n) is 3.45. The summed E-state index contributed by atoms with van der Waals surface area (Å²) in [6, 6.07) is 5.71. The summed E-state index contributed by atoms with van der Waals surface area (Å²) in [5.41, 5.74) is 7.15. The molecule has 0 radical (unpaired) electrons. The van der Waals surface area contributed by atoms with Crippen molar-refractivity contribution in [2.24, 2.45) is 5.92 Å². The monoisotopic (exact) mass is 340 g/mol. The van der Waals surface area contributed by atoms with Crippen molar-refractivity contribution >= 4 is 27.5 Å². The van der Waals surface area contributed by atoms with Crippen LogP contribution >= 0.6 is 15.9 Å². The van der Waals surface area contributed by atoms with Gasteiger partial charge in [-0.25, -0.2) is 0 Å². The zero-order chi connectivity index (χ0) is 15.3. The van der Waals surface area contributed by atoms with Gasteiger partial charge < -0.3 is 10.6 Å². The highest BCUT2D eigenvalue weighted by Crippen LogP contribution is 2.23. The van der Waals surface area contributed by atoms with Crippen LogP contribution in [0, 0.1) is 5.92 Å². The van der Waals surface area contributed by atoms with Crippen molar-refractivity contribution in [2.45, 2.75) is 46.6 Å². The van der Waals surface area contributed by atoms with Crippen molar-refractivity contribution in [1.29, 1.82) is 0 Å². The summed E-state index contributed by atoms with van der Waals surface area (Å²) in [5, 5.41) is 0. The highest BCUT2D eigenvalue weighted by Gasteiger charge is 2.23. The lowest BCUT2D eigenvalue weighted by molar-refractivity contribution is 0.0640. The molecule has 1 aromatic carbocycles. The Hall–Kier alpha value is -1.03. The van der Waals surface area contributed by atoms with Crippen LogP contribution in [0.15, 0.2) is 22.7 Å². The molecular weight excluding hydrogens is 316 g/mol. The first kappa shape index (κ1) is 17.0. The summed E-state index contributed by atoms with van der Waals surface area (Å²) in [5.74, 6) is 0.527. The number of carbonyl (C=O) groups is 1. The fraction of sp³-hybridized carbons (Fsp3) is 0.562. The number of anilines is 1. The predicted molar refractivity (Wildman–Crippen MR) is 88.8 cm³/mol. The number of nitrogens with two attached hydrogens (primary N) is 1. The highest BCUT2D eigenvalue weighted by molar-refractivity contribution is 9.10. The maximum atomic E-state index is 12.8. The number of carbonyl (C=O) groups excluding carboxylic acids is 1. The van der Waals surface area contributed by atoms with E-state index >= 15 is 0 Å². The molecule has 112 valence electrons. The van der Waals surface area contributed by atoms with E-state index in [1.807, 2.05) is 17.0 Å². The van der Waals surface area contributed by atoms with Crippen molar-refractivity contribution in [3.05, 3.63) is 28.2 Å². The molecule has 0 unspecified atom stereocenters. The van der Waals surface area contributed by atoms with Gasteiger partial charge in [-0.15, -0.1) is 0 Å². The van der Waals surface area contributed by atoms with Gasteiger partial charge in [0.2, 0.25) is 0 Å². The zero-order valence-corrected chi connectivity index (χ0v) is 14.4. The standard InChI is InChI=1S/C16H25BrN2O/c1-5-13(6-2)19(10-11(3)4)16(20)12-7-8-14(17)15(18)9-12/h7-9,11,13H,5-6,10,18H2,1-4H3. The number of benzene rings is 1. The second-order valence-electron chi connectivity index (χ2n) is 5.56. The van der Waals surface area contributed by atoms with E-state index in [2.05, 4.69) is 43.6 Å². The van der Waals surface area contributed by atoms with E-state index in [0.29, 0.717) is 17.2 Å². The summed E-state index contributed by atoms with van der Waals surface area (Å²) >= 11 is 3.36. The van der Waals surface area contributed by atoms with Gasteiger partial charge in [0.05, 0.1) is 0 Å². The van der Waals surface area contributed by atoms with Gasteiger partial charge in [-0.3, -0.25) is 4.79 Å². The Morgan fingerprint density at radius 1 is 1.30 bits per heavy atom. The van der Waals surface area contributed by atoms with Gasteiger partial charge in [-0.05, 0) is 52.9 Å². The van der Waals surface area contributed by atoms with Crippen LogP contribution in [-0.4, -0.2) is 23.4 Å². The van der Waals surface area contributed by atoms with E-state index < -0.39 is 0 Å². The molecule has 4 heteroatoms. The number of halogens is 1. The van der Waals surface area contributed by atoms with Crippen LogP contribution in [0.4, 0.5) is 5.69 Å². The molecule has 20 heavy (non-hydrogen) atoms. The van der Waals surface area contributed by atoms with Crippen molar-refractivity contribution in [3.8, 4) is 0 Å². The molecule has 0 saturated heterocycles. The van der Waals surface area contributed by atoms with Crippen LogP contribution in [0.1, 0.15) is 50.9 Å². The summed E-state index contributed by atoms with van der Waals surface area (Å²) in [6.45, 7) is 9.31. The Morgan fingerprint density at radius 2 is 1.90 bits per heavy atom. The molecule has 0 heterocycles. The maximum absolute atomic E-state index is 12.8. The molecule has 1 amide bonds. The van der Waals surface area contributed by atoms with E-state index in [4.69, 9.17) is 5.73 Å². The smallest absolute Gasteiger partial charge is 0.254 e. The minimum Gasteiger partial charge on any atom is -0.398 e. The maximum Gasteiger partial charge on any atom is 0.254 e. The average molecular weight is 341 g/mol. The lowest BCUT2D eigenvalue weighted by atomic mass is 10.0. The fourth-order valence-corrected chi connectivity index (χ4v) is 2.61. The van der Waals surface area contributed by atoms with Gasteiger partial charge in [0, 0.05) is 28.3 Å². The summed E-state index contributed by atoms with van der Waals surface area (Å²) in [6.07, 6.45) is 1.95. The van der Waals surface area contributed by atoms with E-state index in [9.17, 15) is 4.79 Å². The quantitative estimate of drug-likeness (QED) is 0.784. The normalized spacial score (nSPS) is 11.2. The second-order valence-corrected chi connectivity index (χ2v) is 6.41. The minimum atomic E-state index is 0.0756. The number of hydrogen-bond acceptors (Lipinski definition) is 2. The van der Waals surface area contributed by atoms with Gasteiger partial charge in [-0.1, -0.05) is 27.7 Å². The van der Waals surface area contributed by atoms with E-state index in [1.54, 1.807) is 6.07 Å². The first-order valence-corrected chi connectivity index (χ1v) is 8.05. The molecule has 2 N–H and O–H groups in total. The molecule has 0 bridgehead atoms. The molecule has 1 rings (SSSR count). The molecule has 1 aromatic rings. The number of hydrogen-bond donors (Lipinski definition) is 1. The van der Waals surface area contributed by atoms with Gasteiger partial charge in [-0.2, -0.15) is 0 Å². The van der Waals surface area contributed by atoms with E-state index in [1.165, 1.54) is 0 Å². The van der Waals surface area contributed by atoms with Gasteiger partial charge in [0.25, 0.3) is 5.91 Å². The first-order chi connectivity index (χ1) is 9.40. The van der Waals surface area contributed by atoms with Gasteiger partial charge in [0.1, 0.15) is 0 Å². The van der Waals surface area contributed by atoms with Crippen LogP contribution in [-0.2, 0) is 0 Å². The molecule has 0 saturated carbocycles. The van der Waals surface area contributed by atoms with Gasteiger partial charge >= 0.3 is 0 Å². The molecule has 0 atom stereocenters. The molecule has 3 nitrogen and oxygen atoms in total. The summed E-state index contributed by atoms with van der Waals surface area (Å²) in [7, 11) is 0.